The zero-order chi connectivity index (χ0) is 23.6. The van der Waals surface area contributed by atoms with Gasteiger partial charge in [-0.3, -0.25) is 19.4 Å². The first kappa shape index (κ1) is 26.5. The van der Waals surface area contributed by atoms with Crippen LogP contribution in [0.1, 0.15) is 25.7 Å². The Bertz CT molecular complexity index is 688. The Labute approximate surface area is 185 Å². The van der Waals surface area contributed by atoms with Crippen LogP contribution in [0.5, 0.6) is 0 Å². The van der Waals surface area contributed by atoms with Gasteiger partial charge in [0.2, 0.25) is 17.7 Å². The zero-order valence-electron chi connectivity index (χ0n) is 17.1. The van der Waals surface area contributed by atoms with Gasteiger partial charge in [0, 0.05) is 18.8 Å². The average molecular weight is 462 g/mol. The molecular weight excluding hydrogens is 430 g/mol. The first-order valence-electron chi connectivity index (χ1n) is 9.79. The molecule has 0 saturated carbocycles. The van der Waals surface area contributed by atoms with Crippen molar-refractivity contribution in [2.75, 3.05) is 25.4 Å². The van der Waals surface area contributed by atoms with E-state index in [1.165, 1.54) is 4.90 Å². The quantitative estimate of drug-likeness (QED) is 0.0619. The summed E-state index contributed by atoms with van der Waals surface area (Å²) in [5.41, 5.74) is 16.2. The maximum Gasteiger partial charge on any atom is 0.327 e. The first-order valence-corrected chi connectivity index (χ1v) is 10.4. The first-order chi connectivity index (χ1) is 14.6. The summed E-state index contributed by atoms with van der Waals surface area (Å²) < 4.78 is 0. The van der Waals surface area contributed by atoms with Crippen LogP contribution in [0.4, 0.5) is 0 Å². The second-order valence-electron chi connectivity index (χ2n) is 7.07. The zero-order valence-corrected chi connectivity index (χ0v) is 18.0. The van der Waals surface area contributed by atoms with Crippen LogP contribution in [-0.4, -0.2) is 94.4 Å². The molecule has 10 N–H and O–H groups in total. The number of hydrogen-bond acceptors (Lipinski definition) is 8. The molecule has 4 atom stereocenters. The molecule has 1 saturated heterocycles. The predicted octanol–water partition coefficient (Wildman–Crippen LogP) is -3.67. The molecule has 0 aromatic heterocycles. The molecule has 14 heteroatoms. The van der Waals surface area contributed by atoms with Gasteiger partial charge in [-0.1, -0.05) is 0 Å². The lowest BCUT2D eigenvalue weighted by atomic mass is 10.1. The van der Waals surface area contributed by atoms with Crippen molar-refractivity contribution < 1.29 is 29.4 Å². The monoisotopic (exact) mass is 461 g/mol. The molecule has 1 rings (SSSR count). The standard InChI is InChI=1S/C17H31N7O6S/c18-9(3-1-5-21-17(19)20)13(26)22-10(7-25)15(28)24-6-2-4-12(24)14(27)23-11(8-31)16(29)30/h9-12,25,31H,1-8,18H2,(H,22,26)(H,23,27)(H,29,30)(H4,19,20,21). The maximum absolute atomic E-state index is 12.8. The minimum atomic E-state index is -1.29. The van der Waals surface area contributed by atoms with Crippen LogP contribution in [-0.2, 0) is 19.2 Å². The Balaban J connectivity index is 2.70. The number of aliphatic hydroxyl groups is 1. The molecule has 31 heavy (non-hydrogen) atoms. The van der Waals surface area contributed by atoms with Crippen molar-refractivity contribution in [3.63, 3.8) is 0 Å². The van der Waals surface area contributed by atoms with E-state index < -0.39 is 54.5 Å². The van der Waals surface area contributed by atoms with Crippen LogP contribution in [0.15, 0.2) is 4.99 Å². The van der Waals surface area contributed by atoms with Crippen LogP contribution >= 0.6 is 12.6 Å². The number of aliphatic imine (C=N–C) groups is 1. The second kappa shape index (κ2) is 13.0. The molecule has 0 aliphatic carbocycles. The minimum Gasteiger partial charge on any atom is -0.480 e. The number of carbonyl (C=O) groups excluding carboxylic acids is 3. The van der Waals surface area contributed by atoms with Crippen molar-refractivity contribution in [1.82, 2.24) is 15.5 Å². The van der Waals surface area contributed by atoms with Gasteiger partial charge in [0.25, 0.3) is 0 Å². The number of nitrogens with two attached hydrogens (primary N) is 3. The number of rotatable bonds is 12. The van der Waals surface area contributed by atoms with Gasteiger partial charge in [0.1, 0.15) is 18.1 Å². The number of nitrogens with one attached hydrogen (secondary N) is 2. The Morgan fingerprint density at radius 2 is 1.87 bits per heavy atom. The van der Waals surface area contributed by atoms with Gasteiger partial charge in [-0.15, -0.1) is 0 Å². The molecule has 13 nitrogen and oxygen atoms in total. The molecular formula is C17H31N7O6S. The van der Waals surface area contributed by atoms with Crippen molar-refractivity contribution in [3.8, 4) is 0 Å². The average Bonchev–Trinajstić information content (AvgIpc) is 3.21. The topological polar surface area (TPSA) is 226 Å². The van der Waals surface area contributed by atoms with E-state index in [4.69, 9.17) is 22.3 Å². The molecule has 1 heterocycles. The second-order valence-corrected chi connectivity index (χ2v) is 7.44. The normalized spacial score (nSPS) is 18.5. The fourth-order valence-electron chi connectivity index (χ4n) is 3.07. The van der Waals surface area contributed by atoms with Gasteiger partial charge >= 0.3 is 5.97 Å². The molecule has 0 aromatic carbocycles. The van der Waals surface area contributed by atoms with E-state index in [0.717, 1.165) is 0 Å². The predicted molar refractivity (Wildman–Crippen MR) is 115 cm³/mol. The number of nitrogens with zero attached hydrogens (tertiary/aromatic N) is 2. The summed E-state index contributed by atoms with van der Waals surface area (Å²) in [6, 6.07) is -4.34. The number of carbonyl (C=O) groups is 4. The van der Waals surface area contributed by atoms with E-state index in [2.05, 4.69) is 28.3 Å². The molecule has 3 amide bonds. The number of aliphatic hydroxyl groups excluding tert-OH is 1. The molecule has 0 radical (unpaired) electrons. The molecule has 1 aliphatic heterocycles. The number of likely N-dealkylation sites (tertiary alicyclic amines) is 1. The highest BCUT2D eigenvalue weighted by Gasteiger charge is 2.38. The summed E-state index contributed by atoms with van der Waals surface area (Å²) in [5.74, 6) is -3.35. The van der Waals surface area contributed by atoms with E-state index >= 15 is 0 Å². The van der Waals surface area contributed by atoms with E-state index in [9.17, 15) is 24.3 Å². The summed E-state index contributed by atoms with van der Waals surface area (Å²) in [6.45, 7) is -0.170. The Morgan fingerprint density at radius 3 is 2.42 bits per heavy atom. The van der Waals surface area contributed by atoms with Crippen molar-refractivity contribution in [2.24, 2.45) is 22.2 Å². The Morgan fingerprint density at radius 1 is 1.19 bits per heavy atom. The number of guanidine groups is 1. The smallest absolute Gasteiger partial charge is 0.327 e. The van der Waals surface area contributed by atoms with Crippen molar-refractivity contribution >= 4 is 42.3 Å². The molecule has 176 valence electrons. The third kappa shape index (κ3) is 8.22. The SMILES string of the molecule is NC(N)=NCCCC(N)C(=O)NC(CO)C(=O)N1CCCC1C(=O)NC(CS)C(=O)O. The lowest BCUT2D eigenvalue weighted by Crippen LogP contribution is -2.58. The molecule has 0 bridgehead atoms. The highest BCUT2D eigenvalue weighted by molar-refractivity contribution is 7.80. The van der Waals surface area contributed by atoms with Crippen LogP contribution in [0.3, 0.4) is 0 Å². The van der Waals surface area contributed by atoms with Crippen LogP contribution in [0.2, 0.25) is 0 Å². The maximum atomic E-state index is 12.8. The van der Waals surface area contributed by atoms with Gasteiger partial charge in [0.05, 0.1) is 12.6 Å². The minimum absolute atomic E-state index is 0.0720. The van der Waals surface area contributed by atoms with Gasteiger partial charge in [-0.2, -0.15) is 12.6 Å². The Kier molecular flexibility index (Phi) is 11.1. The number of carboxylic acids is 1. The van der Waals surface area contributed by atoms with Gasteiger partial charge in [-0.25, -0.2) is 4.79 Å². The number of amides is 3. The molecule has 0 aromatic rings. The van der Waals surface area contributed by atoms with Crippen LogP contribution < -0.4 is 27.8 Å². The molecule has 1 fully saturated rings. The lowest BCUT2D eigenvalue weighted by Gasteiger charge is -2.29. The number of carboxylic acid groups (broad SMARTS) is 1. The van der Waals surface area contributed by atoms with Gasteiger partial charge < -0.3 is 42.9 Å². The van der Waals surface area contributed by atoms with E-state index in [1.807, 2.05) is 0 Å². The third-order valence-electron chi connectivity index (χ3n) is 4.74. The van der Waals surface area contributed by atoms with Gasteiger partial charge in [-0.05, 0) is 25.7 Å². The number of aliphatic carboxylic acids is 1. The van der Waals surface area contributed by atoms with Crippen LogP contribution in [0, 0.1) is 0 Å². The molecule has 4 unspecified atom stereocenters. The molecule has 0 spiro atoms. The van der Waals surface area contributed by atoms with E-state index in [0.29, 0.717) is 25.8 Å². The largest absolute Gasteiger partial charge is 0.480 e. The number of thiol groups is 1. The third-order valence-corrected chi connectivity index (χ3v) is 5.10. The van der Waals surface area contributed by atoms with E-state index in [-0.39, 0.29) is 24.7 Å². The fourth-order valence-corrected chi connectivity index (χ4v) is 3.32. The highest BCUT2D eigenvalue weighted by Crippen LogP contribution is 2.19. The summed E-state index contributed by atoms with van der Waals surface area (Å²) in [5, 5.41) is 23.4. The van der Waals surface area contributed by atoms with Crippen LogP contribution in [0.25, 0.3) is 0 Å². The Hall–Kier alpha value is -2.58. The van der Waals surface area contributed by atoms with Crippen molar-refractivity contribution in [2.45, 2.75) is 49.9 Å². The highest BCUT2D eigenvalue weighted by atomic mass is 32.1. The number of hydrogen-bond donors (Lipinski definition) is 8. The summed E-state index contributed by atoms with van der Waals surface area (Å²) in [7, 11) is 0. The van der Waals surface area contributed by atoms with Gasteiger partial charge in [0.15, 0.2) is 5.96 Å². The van der Waals surface area contributed by atoms with Crippen molar-refractivity contribution in [1.29, 1.82) is 0 Å². The molecule has 1 aliphatic rings. The lowest BCUT2D eigenvalue weighted by molar-refractivity contribution is -0.144. The van der Waals surface area contributed by atoms with Crippen molar-refractivity contribution in [3.05, 3.63) is 0 Å². The van der Waals surface area contributed by atoms with E-state index in [1.54, 1.807) is 0 Å². The fraction of sp³-hybridized carbons (Fsp3) is 0.706. The summed E-state index contributed by atoms with van der Waals surface area (Å²) >= 11 is 3.89. The summed E-state index contributed by atoms with van der Waals surface area (Å²) in [4.78, 5) is 53.7. The summed E-state index contributed by atoms with van der Waals surface area (Å²) in [6.07, 6.45) is 1.53.